The predicted octanol–water partition coefficient (Wildman–Crippen LogP) is 1.81. The van der Waals surface area contributed by atoms with Crippen LogP contribution in [0.3, 0.4) is 0 Å². The molecule has 0 radical (unpaired) electrons. The Hall–Kier alpha value is -1.62. The van der Waals surface area contributed by atoms with Crippen molar-refractivity contribution in [1.29, 1.82) is 0 Å². The molecule has 0 unspecified atom stereocenters. The molecule has 5 heteroatoms. The molecular formula is C13H19FN2O2. The van der Waals surface area contributed by atoms with Gasteiger partial charge in [-0.1, -0.05) is 13.8 Å². The molecule has 0 fully saturated rings. The second-order valence-corrected chi connectivity index (χ2v) is 4.46. The normalized spacial score (nSPS) is 10.7. The van der Waals surface area contributed by atoms with E-state index in [0.29, 0.717) is 25.7 Å². The summed E-state index contributed by atoms with van der Waals surface area (Å²) in [5.74, 6) is -0.412. The smallest absolute Gasteiger partial charge is 0.253 e. The topological polar surface area (TPSA) is 64.3 Å². The van der Waals surface area contributed by atoms with Crippen molar-refractivity contribution in [1.82, 2.24) is 5.32 Å². The van der Waals surface area contributed by atoms with Gasteiger partial charge >= 0.3 is 0 Å². The fourth-order valence-electron chi connectivity index (χ4n) is 1.38. The molecule has 0 aliphatic carbocycles. The van der Waals surface area contributed by atoms with Gasteiger partial charge in [0.05, 0.1) is 12.2 Å². The van der Waals surface area contributed by atoms with Crippen molar-refractivity contribution < 1.29 is 13.9 Å². The molecule has 0 bridgehead atoms. The molecular weight excluding hydrogens is 235 g/mol. The van der Waals surface area contributed by atoms with Gasteiger partial charge in [0.2, 0.25) is 0 Å². The molecule has 1 rings (SSSR count). The Bertz CT molecular complexity index is 408. The van der Waals surface area contributed by atoms with E-state index in [1.807, 2.05) is 13.8 Å². The Morgan fingerprint density at radius 3 is 2.89 bits per heavy atom. The van der Waals surface area contributed by atoms with Gasteiger partial charge in [0.1, 0.15) is 5.82 Å². The van der Waals surface area contributed by atoms with Gasteiger partial charge in [-0.05, 0) is 24.1 Å². The summed E-state index contributed by atoms with van der Waals surface area (Å²) in [6, 6.07) is 3.72. The zero-order valence-electron chi connectivity index (χ0n) is 10.7. The van der Waals surface area contributed by atoms with Crippen LogP contribution in [0.25, 0.3) is 0 Å². The quantitative estimate of drug-likeness (QED) is 0.601. The largest absolute Gasteiger partial charge is 0.398 e. The Labute approximate surface area is 106 Å². The van der Waals surface area contributed by atoms with Crippen molar-refractivity contribution in [3.05, 3.63) is 29.6 Å². The van der Waals surface area contributed by atoms with Gasteiger partial charge in [0.15, 0.2) is 0 Å². The lowest BCUT2D eigenvalue weighted by Gasteiger charge is -2.09. The Morgan fingerprint density at radius 2 is 2.22 bits per heavy atom. The second-order valence-electron chi connectivity index (χ2n) is 4.46. The van der Waals surface area contributed by atoms with Crippen LogP contribution in [0.4, 0.5) is 10.1 Å². The van der Waals surface area contributed by atoms with E-state index in [9.17, 15) is 9.18 Å². The summed E-state index contributed by atoms with van der Waals surface area (Å²) in [6.45, 7) is 5.55. The van der Waals surface area contributed by atoms with Gasteiger partial charge < -0.3 is 15.8 Å². The van der Waals surface area contributed by atoms with Crippen LogP contribution in [-0.2, 0) is 4.74 Å². The van der Waals surface area contributed by atoms with Crippen LogP contribution < -0.4 is 11.1 Å². The number of amides is 1. The highest BCUT2D eigenvalue weighted by Gasteiger charge is 2.10. The lowest BCUT2D eigenvalue weighted by molar-refractivity contribution is 0.0886. The Morgan fingerprint density at radius 1 is 1.50 bits per heavy atom. The zero-order chi connectivity index (χ0) is 13.5. The summed E-state index contributed by atoms with van der Waals surface area (Å²) < 4.78 is 18.3. The number of nitrogen functional groups attached to an aromatic ring is 1. The first-order valence-electron chi connectivity index (χ1n) is 5.91. The van der Waals surface area contributed by atoms with Crippen LogP contribution in [0.15, 0.2) is 18.2 Å². The monoisotopic (exact) mass is 254 g/mol. The van der Waals surface area contributed by atoms with Crippen molar-refractivity contribution in [2.45, 2.75) is 13.8 Å². The number of hydrogen-bond donors (Lipinski definition) is 2. The first-order valence-corrected chi connectivity index (χ1v) is 5.91. The molecule has 18 heavy (non-hydrogen) atoms. The van der Waals surface area contributed by atoms with Crippen molar-refractivity contribution in [3.63, 3.8) is 0 Å². The van der Waals surface area contributed by atoms with Gasteiger partial charge in [0, 0.05) is 18.8 Å². The first kappa shape index (κ1) is 14.4. The van der Waals surface area contributed by atoms with Crippen LogP contribution in [0, 0.1) is 11.7 Å². The highest BCUT2D eigenvalue weighted by atomic mass is 19.1. The van der Waals surface area contributed by atoms with E-state index in [1.54, 1.807) is 0 Å². The maximum atomic E-state index is 13.0. The third-order valence-corrected chi connectivity index (χ3v) is 2.24. The number of nitrogens with one attached hydrogen (secondary N) is 1. The van der Waals surface area contributed by atoms with Crippen molar-refractivity contribution in [2.24, 2.45) is 5.92 Å². The molecule has 3 N–H and O–H groups in total. The van der Waals surface area contributed by atoms with Gasteiger partial charge in [-0.3, -0.25) is 4.79 Å². The Balaban J connectivity index is 2.39. The summed E-state index contributed by atoms with van der Waals surface area (Å²) in [6.07, 6.45) is 0. The van der Waals surface area contributed by atoms with E-state index < -0.39 is 5.82 Å². The maximum Gasteiger partial charge on any atom is 0.253 e. The molecule has 0 atom stereocenters. The lowest BCUT2D eigenvalue weighted by atomic mass is 10.1. The fourth-order valence-corrected chi connectivity index (χ4v) is 1.38. The number of rotatable bonds is 6. The highest BCUT2D eigenvalue weighted by molar-refractivity contribution is 5.99. The van der Waals surface area contributed by atoms with E-state index in [0.717, 1.165) is 6.07 Å². The third kappa shape index (κ3) is 4.71. The van der Waals surface area contributed by atoms with Gasteiger partial charge in [-0.25, -0.2) is 4.39 Å². The van der Waals surface area contributed by atoms with Crippen LogP contribution >= 0.6 is 0 Å². The molecule has 0 saturated carbocycles. The molecule has 0 aliphatic rings. The van der Waals surface area contributed by atoms with Gasteiger partial charge in [-0.2, -0.15) is 0 Å². The number of carbonyl (C=O) groups is 1. The number of hydrogen-bond acceptors (Lipinski definition) is 3. The molecule has 1 amide bonds. The number of nitrogens with two attached hydrogens (primary N) is 1. The molecule has 100 valence electrons. The average molecular weight is 254 g/mol. The standard InChI is InChI=1S/C13H19FN2O2/c1-9(2)8-18-6-5-16-13(17)11-7-10(14)3-4-12(11)15/h3-4,7,9H,5-6,8,15H2,1-2H3,(H,16,17). The van der Waals surface area contributed by atoms with Crippen molar-refractivity contribution in [3.8, 4) is 0 Å². The molecule has 0 saturated heterocycles. The number of ether oxygens (including phenoxy) is 1. The fraction of sp³-hybridized carbons (Fsp3) is 0.462. The second kappa shape index (κ2) is 6.96. The summed E-state index contributed by atoms with van der Waals surface area (Å²) in [5.41, 5.74) is 6.01. The molecule has 4 nitrogen and oxygen atoms in total. The zero-order valence-corrected chi connectivity index (χ0v) is 10.7. The molecule has 0 aromatic heterocycles. The molecule has 1 aromatic carbocycles. The minimum Gasteiger partial charge on any atom is -0.398 e. The molecule has 0 aliphatic heterocycles. The summed E-state index contributed by atoms with van der Waals surface area (Å²) in [5, 5.41) is 2.63. The summed E-state index contributed by atoms with van der Waals surface area (Å²) in [7, 11) is 0. The number of anilines is 1. The van der Waals surface area contributed by atoms with Crippen LogP contribution in [0.5, 0.6) is 0 Å². The molecule has 1 aromatic rings. The summed E-state index contributed by atoms with van der Waals surface area (Å²) >= 11 is 0. The Kier molecular flexibility index (Phi) is 5.58. The average Bonchev–Trinajstić information content (AvgIpc) is 2.31. The minimum atomic E-state index is -0.481. The van der Waals surface area contributed by atoms with Crippen LogP contribution in [0.2, 0.25) is 0 Å². The van der Waals surface area contributed by atoms with E-state index in [1.165, 1.54) is 12.1 Å². The SMILES string of the molecule is CC(C)COCCNC(=O)c1cc(F)ccc1N. The molecule has 0 heterocycles. The first-order chi connectivity index (χ1) is 8.50. The number of carbonyl (C=O) groups excluding carboxylic acids is 1. The van der Waals surface area contributed by atoms with Crippen LogP contribution in [-0.4, -0.2) is 25.7 Å². The third-order valence-electron chi connectivity index (χ3n) is 2.24. The maximum absolute atomic E-state index is 13.0. The number of halogens is 1. The number of benzene rings is 1. The van der Waals surface area contributed by atoms with Crippen molar-refractivity contribution in [2.75, 3.05) is 25.5 Å². The van der Waals surface area contributed by atoms with E-state index >= 15 is 0 Å². The van der Waals surface area contributed by atoms with Crippen LogP contribution in [0.1, 0.15) is 24.2 Å². The van der Waals surface area contributed by atoms with Gasteiger partial charge in [0.25, 0.3) is 5.91 Å². The molecule has 0 spiro atoms. The van der Waals surface area contributed by atoms with E-state index in [2.05, 4.69) is 5.32 Å². The van der Waals surface area contributed by atoms with E-state index in [4.69, 9.17) is 10.5 Å². The van der Waals surface area contributed by atoms with Crippen molar-refractivity contribution >= 4 is 11.6 Å². The summed E-state index contributed by atoms with van der Waals surface area (Å²) in [4.78, 5) is 11.7. The minimum absolute atomic E-state index is 0.152. The van der Waals surface area contributed by atoms with E-state index in [-0.39, 0.29) is 17.2 Å². The highest BCUT2D eigenvalue weighted by Crippen LogP contribution is 2.12. The lowest BCUT2D eigenvalue weighted by Crippen LogP contribution is -2.28. The van der Waals surface area contributed by atoms with Gasteiger partial charge in [-0.15, -0.1) is 0 Å². The predicted molar refractivity (Wildman–Crippen MR) is 68.8 cm³/mol.